The zero-order valence-electron chi connectivity index (χ0n) is 12.4. The predicted molar refractivity (Wildman–Crippen MR) is 80.0 cm³/mol. The minimum atomic E-state index is 0.567. The molecule has 0 aromatic carbocycles. The molecule has 0 aliphatic carbocycles. The van der Waals surface area contributed by atoms with E-state index in [1.807, 2.05) is 7.05 Å². The van der Waals surface area contributed by atoms with Crippen LogP contribution in [0.25, 0.3) is 0 Å². The average molecular weight is 287 g/mol. The molecule has 6 heteroatoms. The molecule has 0 bridgehead atoms. The summed E-state index contributed by atoms with van der Waals surface area (Å²) < 4.78 is 10.3. The molecule has 0 saturated carbocycles. The van der Waals surface area contributed by atoms with Crippen LogP contribution >= 0.6 is 11.3 Å². The molecule has 5 nitrogen and oxygen atoms in total. The monoisotopic (exact) mass is 287 g/mol. The molecule has 1 heterocycles. The van der Waals surface area contributed by atoms with Gasteiger partial charge >= 0.3 is 0 Å². The van der Waals surface area contributed by atoms with Crippen LogP contribution in [0.3, 0.4) is 0 Å². The standard InChI is InChI=1S/C13H25N3O2S/c1-5-6-14-9-12-11(10-18-4)15-13(19-12)16(2)7-8-17-3/h14H,5-10H2,1-4H3. The van der Waals surface area contributed by atoms with E-state index in [9.17, 15) is 0 Å². The molecule has 0 unspecified atom stereocenters. The van der Waals surface area contributed by atoms with Crippen LogP contribution in [-0.4, -0.2) is 45.9 Å². The van der Waals surface area contributed by atoms with E-state index < -0.39 is 0 Å². The van der Waals surface area contributed by atoms with Gasteiger partial charge in [-0.1, -0.05) is 6.92 Å². The van der Waals surface area contributed by atoms with Gasteiger partial charge in [0, 0.05) is 39.2 Å². The predicted octanol–water partition coefficient (Wildman–Crippen LogP) is 1.87. The largest absolute Gasteiger partial charge is 0.383 e. The number of methoxy groups -OCH3 is 2. The summed E-state index contributed by atoms with van der Waals surface area (Å²) in [6.45, 7) is 6.18. The summed E-state index contributed by atoms with van der Waals surface area (Å²) in [6.07, 6.45) is 1.14. The Labute approximate surface area is 119 Å². The summed E-state index contributed by atoms with van der Waals surface area (Å²) in [7, 11) is 5.46. The summed E-state index contributed by atoms with van der Waals surface area (Å²) in [5, 5.41) is 4.44. The molecule has 1 aromatic heterocycles. The molecular weight excluding hydrogens is 262 g/mol. The van der Waals surface area contributed by atoms with Crippen molar-refractivity contribution in [2.75, 3.05) is 45.9 Å². The Bertz CT molecular complexity index is 358. The number of nitrogens with one attached hydrogen (secondary N) is 1. The van der Waals surface area contributed by atoms with Crippen LogP contribution < -0.4 is 10.2 Å². The number of aromatic nitrogens is 1. The molecule has 110 valence electrons. The van der Waals surface area contributed by atoms with Gasteiger partial charge in [0.1, 0.15) is 0 Å². The summed E-state index contributed by atoms with van der Waals surface area (Å²) in [5.74, 6) is 0. The molecule has 0 aliphatic rings. The van der Waals surface area contributed by atoms with E-state index in [-0.39, 0.29) is 0 Å². The van der Waals surface area contributed by atoms with Crippen LogP contribution in [0.2, 0.25) is 0 Å². The number of likely N-dealkylation sites (N-methyl/N-ethyl adjacent to an activating group) is 1. The first kappa shape index (κ1) is 16.4. The molecule has 0 amide bonds. The molecule has 0 fully saturated rings. The lowest BCUT2D eigenvalue weighted by atomic mass is 10.3. The van der Waals surface area contributed by atoms with E-state index in [4.69, 9.17) is 9.47 Å². The quantitative estimate of drug-likeness (QED) is 0.666. The SMILES string of the molecule is CCCNCc1sc(N(C)CCOC)nc1COC. The maximum Gasteiger partial charge on any atom is 0.185 e. The second-order valence-electron chi connectivity index (χ2n) is 4.39. The fraction of sp³-hybridized carbons (Fsp3) is 0.769. The van der Waals surface area contributed by atoms with Crippen molar-refractivity contribution in [1.29, 1.82) is 0 Å². The van der Waals surface area contributed by atoms with Crippen molar-refractivity contribution in [2.45, 2.75) is 26.5 Å². The van der Waals surface area contributed by atoms with Gasteiger partial charge in [-0.05, 0) is 13.0 Å². The first-order chi connectivity index (χ1) is 9.22. The Balaban J connectivity index is 2.69. The Morgan fingerprint density at radius 1 is 1.32 bits per heavy atom. The van der Waals surface area contributed by atoms with Gasteiger partial charge in [-0.15, -0.1) is 11.3 Å². The van der Waals surface area contributed by atoms with Gasteiger partial charge < -0.3 is 19.7 Å². The van der Waals surface area contributed by atoms with Gasteiger partial charge in [0.05, 0.1) is 18.9 Å². The summed E-state index contributed by atoms with van der Waals surface area (Å²) in [6, 6.07) is 0. The summed E-state index contributed by atoms with van der Waals surface area (Å²) in [5.41, 5.74) is 1.04. The van der Waals surface area contributed by atoms with Crippen molar-refractivity contribution in [3.63, 3.8) is 0 Å². The Kier molecular flexibility index (Phi) is 7.97. The normalized spacial score (nSPS) is 10.9. The lowest BCUT2D eigenvalue weighted by Gasteiger charge is -2.14. The van der Waals surface area contributed by atoms with Crippen molar-refractivity contribution >= 4 is 16.5 Å². The van der Waals surface area contributed by atoms with Crippen LogP contribution in [0.1, 0.15) is 23.9 Å². The van der Waals surface area contributed by atoms with Gasteiger partial charge in [-0.3, -0.25) is 0 Å². The van der Waals surface area contributed by atoms with Crippen molar-refractivity contribution in [2.24, 2.45) is 0 Å². The second kappa shape index (κ2) is 9.25. The second-order valence-corrected chi connectivity index (χ2v) is 5.45. The number of anilines is 1. The first-order valence-corrected chi connectivity index (χ1v) is 7.42. The van der Waals surface area contributed by atoms with Crippen molar-refractivity contribution in [1.82, 2.24) is 10.3 Å². The molecule has 0 atom stereocenters. The van der Waals surface area contributed by atoms with Crippen LogP contribution in [-0.2, 0) is 22.6 Å². The summed E-state index contributed by atoms with van der Waals surface area (Å²) in [4.78, 5) is 8.04. The number of ether oxygens (including phenoxy) is 2. The van der Waals surface area contributed by atoms with E-state index in [0.29, 0.717) is 13.2 Å². The van der Waals surface area contributed by atoms with E-state index in [0.717, 1.165) is 36.9 Å². The maximum atomic E-state index is 5.22. The highest BCUT2D eigenvalue weighted by Gasteiger charge is 2.13. The highest BCUT2D eigenvalue weighted by Crippen LogP contribution is 2.26. The van der Waals surface area contributed by atoms with Crippen LogP contribution in [0.5, 0.6) is 0 Å². The van der Waals surface area contributed by atoms with Crippen molar-refractivity contribution in [3.05, 3.63) is 10.6 Å². The topological polar surface area (TPSA) is 46.6 Å². The highest BCUT2D eigenvalue weighted by molar-refractivity contribution is 7.15. The summed E-state index contributed by atoms with van der Waals surface area (Å²) >= 11 is 1.73. The maximum absolute atomic E-state index is 5.22. The van der Waals surface area contributed by atoms with Gasteiger partial charge in [0.2, 0.25) is 0 Å². The van der Waals surface area contributed by atoms with Crippen LogP contribution in [0.15, 0.2) is 0 Å². The zero-order valence-corrected chi connectivity index (χ0v) is 13.2. The number of thiazole rings is 1. The molecule has 1 N–H and O–H groups in total. The van der Waals surface area contributed by atoms with Crippen molar-refractivity contribution < 1.29 is 9.47 Å². The van der Waals surface area contributed by atoms with Gasteiger partial charge in [0.25, 0.3) is 0 Å². The fourth-order valence-corrected chi connectivity index (χ4v) is 2.64. The Morgan fingerprint density at radius 2 is 2.11 bits per heavy atom. The third-order valence-corrected chi connectivity index (χ3v) is 3.93. The van der Waals surface area contributed by atoms with Gasteiger partial charge in [-0.25, -0.2) is 4.98 Å². The van der Waals surface area contributed by atoms with Crippen molar-refractivity contribution in [3.8, 4) is 0 Å². The third kappa shape index (κ3) is 5.44. The smallest absolute Gasteiger partial charge is 0.185 e. The molecular formula is C13H25N3O2S. The average Bonchev–Trinajstić information content (AvgIpc) is 2.80. The molecule has 0 saturated heterocycles. The van der Waals surface area contributed by atoms with Gasteiger partial charge in [-0.2, -0.15) is 0 Å². The molecule has 1 aromatic rings. The molecule has 0 radical (unpaired) electrons. The van der Waals surface area contributed by atoms with E-state index in [1.165, 1.54) is 4.88 Å². The lowest BCUT2D eigenvalue weighted by molar-refractivity contribution is 0.181. The third-order valence-electron chi connectivity index (χ3n) is 2.72. The fourth-order valence-electron chi connectivity index (χ4n) is 1.62. The number of hydrogen-bond acceptors (Lipinski definition) is 6. The molecule has 0 spiro atoms. The molecule has 0 aliphatic heterocycles. The number of nitrogens with zero attached hydrogens (tertiary/aromatic N) is 2. The minimum Gasteiger partial charge on any atom is -0.383 e. The van der Waals surface area contributed by atoms with E-state index in [2.05, 4.69) is 22.1 Å². The van der Waals surface area contributed by atoms with E-state index >= 15 is 0 Å². The lowest BCUT2D eigenvalue weighted by Crippen LogP contribution is -2.21. The highest BCUT2D eigenvalue weighted by atomic mass is 32.1. The first-order valence-electron chi connectivity index (χ1n) is 6.61. The minimum absolute atomic E-state index is 0.567. The molecule has 19 heavy (non-hydrogen) atoms. The Morgan fingerprint density at radius 3 is 2.74 bits per heavy atom. The zero-order chi connectivity index (χ0) is 14.1. The van der Waals surface area contributed by atoms with Crippen LogP contribution in [0, 0.1) is 0 Å². The van der Waals surface area contributed by atoms with Gasteiger partial charge in [0.15, 0.2) is 5.13 Å². The Hall–Kier alpha value is -0.690. The number of hydrogen-bond donors (Lipinski definition) is 1. The van der Waals surface area contributed by atoms with E-state index in [1.54, 1.807) is 25.6 Å². The number of rotatable bonds is 10. The van der Waals surface area contributed by atoms with Crippen LogP contribution in [0.4, 0.5) is 5.13 Å². The molecule has 1 rings (SSSR count).